The second-order valence-electron chi connectivity index (χ2n) is 2.80. The Bertz CT molecular complexity index is 365. The third kappa shape index (κ3) is 2.74. The van der Waals surface area contributed by atoms with Gasteiger partial charge in [-0.3, -0.25) is 0 Å². The van der Waals surface area contributed by atoms with E-state index in [0.29, 0.717) is 11.3 Å². The predicted octanol–water partition coefficient (Wildman–Crippen LogP) is 1.77. The summed E-state index contributed by atoms with van der Waals surface area (Å²) in [5.74, 6) is -0.345. The van der Waals surface area contributed by atoms with Crippen molar-refractivity contribution in [2.75, 3.05) is 14.2 Å². The molecule has 0 unspecified atom stereocenters. The van der Waals surface area contributed by atoms with Crippen molar-refractivity contribution in [3.63, 3.8) is 0 Å². The minimum Gasteiger partial charge on any atom is -0.503 e. The molecule has 0 aromatic heterocycles. The number of carbonyl (C=O) groups is 1. The molecule has 0 fully saturated rings. The zero-order chi connectivity index (χ0) is 11.3. The molecule has 80 valence electrons. The van der Waals surface area contributed by atoms with Crippen molar-refractivity contribution in [3.8, 4) is 5.75 Å². The lowest BCUT2D eigenvalue weighted by Crippen LogP contribution is -2.00. The van der Waals surface area contributed by atoms with Gasteiger partial charge in [0.05, 0.1) is 20.5 Å². The van der Waals surface area contributed by atoms with E-state index in [-0.39, 0.29) is 5.57 Å². The number of ether oxygens (including phenoxy) is 2. The van der Waals surface area contributed by atoms with E-state index in [0.717, 1.165) is 0 Å². The Morgan fingerprint density at radius 1 is 1.27 bits per heavy atom. The third-order valence-electron chi connectivity index (χ3n) is 1.87. The summed E-state index contributed by atoms with van der Waals surface area (Å²) in [5, 5.41) is 8.90. The number of hydrogen-bond donors (Lipinski definition) is 1. The quantitative estimate of drug-likeness (QED) is 0.605. The Morgan fingerprint density at radius 2 is 1.87 bits per heavy atom. The molecule has 0 amide bonds. The number of hydrogen-bond acceptors (Lipinski definition) is 3. The summed E-state index contributed by atoms with van der Waals surface area (Å²) in [5.41, 5.74) is 0.685. The maximum atomic E-state index is 10.9. The number of carboxylic acids is 1. The largest absolute Gasteiger partial charge is 0.503 e. The monoisotopic (exact) mass is 208 g/mol. The fourth-order valence-electron chi connectivity index (χ4n) is 1.13. The zero-order valence-electron chi connectivity index (χ0n) is 8.56. The van der Waals surface area contributed by atoms with Crippen LogP contribution in [0, 0.1) is 0 Å². The van der Waals surface area contributed by atoms with Crippen molar-refractivity contribution in [1.29, 1.82) is 0 Å². The van der Waals surface area contributed by atoms with E-state index in [2.05, 4.69) is 0 Å². The van der Waals surface area contributed by atoms with Crippen LogP contribution in [0.2, 0.25) is 0 Å². The van der Waals surface area contributed by atoms with Crippen molar-refractivity contribution in [2.45, 2.75) is 0 Å². The SMILES string of the molecule is COC=C(C(=O)O)c1ccc(OC)cc1. The van der Waals surface area contributed by atoms with E-state index in [1.807, 2.05) is 0 Å². The molecule has 0 aliphatic rings. The molecule has 4 heteroatoms. The second-order valence-corrected chi connectivity index (χ2v) is 2.80. The maximum absolute atomic E-state index is 10.9. The minimum atomic E-state index is -1.03. The van der Waals surface area contributed by atoms with Crippen LogP contribution >= 0.6 is 0 Å². The van der Waals surface area contributed by atoms with E-state index in [1.165, 1.54) is 13.4 Å². The molecule has 0 radical (unpaired) electrons. The van der Waals surface area contributed by atoms with Gasteiger partial charge in [-0.25, -0.2) is 4.79 Å². The summed E-state index contributed by atoms with van der Waals surface area (Å²) < 4.78 is 9.67. The summed E-state index contributed by atoms with van der Waals surface area (Å²) >= 11 is 0. The van der Waals surface area contributed by atoms with E-state index >= 15 is 0 Å². The van der Waals surface area contributed by atoms with Crippen LogP contribution in [-0.2, 0) is 9.53 Å². The van der Waals surface area contributed by atoms with Gasteiger partial charge in [0.2, 0.25) is 0 Å². The highest BCUT2D eigenvalue weighted by Crippen LogP contribution is 2.18. The van der Waals surface area contributed by atoms with Crippen molar-refractivity contribution >= 4 is 11.5 Å². The van der Waals surface area contributed by atoms with Crippen LogP contribution < -0.4 is 4.74 Å². The molecule has 1 aromatic carbocycles. The van der Waals surface area contributed by atoms with Crippen molar-refractivity contribution in [3.05, 3.63) is 36.1 Å². The van der Waals surface area contributed by atoms with Crippen LogP contribution in [0.4, 0.5) is 0 Å². The van der Waals surface area contributed by atoms with Gasteiger partial charge in [-0.15, -0.1) is 0 Å². The molecule has 15 heavy (non-hydrogen) atoms. The van der Waals surface area contributed by atoms with Gasteiger partial charge in [0, 0.05) is 0 Å². The normalized spacial score (nSPS) is 10.9. The highest BCUT2D eigenvalue weighted by molar-refractivity contribution is 6.15. The lowest BCUT2D eigenvalue weighted by Gasteiger charge is -2.03. The van der Waals surface area contributed by atoms with Crippen LogP contribution in [0.5, 0.6) is 5.75 Å². The van der Waals surface area contributed by atoms with Crippen LogP contribution in [0.1, 0.15) is 5.56 Å². The average molecular weight is 208 g/mol. The molecule has 0 atom stereocenters. The Hall–Kier alpha value is -1.97. The first kappa shape index (κ1) is 11.1. The maximum Gasteiger partial charge on any atom is 0.339 e. The van der Waals surface area contributed by atoms with Crippen LogP contribution in [-0.4, -0.2) is 25.3 Å². The summed E-state index contributed by atoms with van der Waals surface area (Å²) in [6.45, 7) is 0. The second kappa shape index (κ2) is 5.05. The smallest absolute Gasteiger partial charge is 0.339 e. The van der Waals surface area contributed by atoms with E-state index in [9.17, 15) is 4.79 Å². The molecule has 1 N–H and O–H groups in total. The molecule has 0 aliphatic carbocycles. The molecule has 0 spiro atoms. The molecule has 0 saturated carbocycles. The van der Waals surface area contributed by atoms with Crippen molar-refractivity contribution in [2.24, 2.45) is 0 Å². The molecule has 1 rings (SSSR count). The summed E-state index contributed by atoms with van der Waals surface area (Å²) in [6, 6.07) is 6.72. The molecular weight excluding hydrogens is 196 g/mol. The van der Waals surface area contributed by atoms with Crippen molar-refractivity contribution in [1.82, 2.24) is 0 Å². The molecular formula is C11H12O4. The molecule has 4 nitrogen and oxygen atoms in total. The van der Waals surface area contributed by atoms with Gasteiger partial charge in [0.25, 0.3) is 0 Å². The first-order valence-electron chi connectivity index (χ1n) is 4.29. The van der Waals surface area contributed by atoms with Gasteiger partial charge in [0.15, 0.2) is 0 Å². The van der Waals surface area contributed by atoms with Crippen LogP contribution in [0.25, 0.3) is 5.57 Å². The molecule has 1 aromatic rings. The van der Waals surface area contributed by atoms with Gasteiger partial charge >= 0.3 is 5.97 Å². The van der Waals surface area contributed by atoms with E-state index in [1.54, 1.807) is 31.4 Å². The Morgan fingerprint density at radius 3 is 2.27 bits per heavy atom. The molecule has 0 heterocycles. The van der Waals surface area contributed by atoms with Crippen LogP contribution in [0.3, 0.4) is 0 Å². The first-order chi connectivity index (χ1) is 7.19. The number of rotatable bonds is 4. The third-order valence-corrected chi connectivity index (χ3v) is 1.87. The molecule has 0 saturated heterocycles. The van der Waals surface area contributed by atoms with Crippen LogP contribution in [0.15, 0.2) is 30.5 Å². The summed E-state index contributed by atoms with van der Waals surface area (Å²) in [7, 11) is 2.96. The number of methoxy groups -OCH3 is 2. The summed E-state index contributed by atoms with van der Waals surface area (Å²) in [4.78, 5) is 10.9. The van der Waals surface area contributed by atoms with Gasteiger partial charge in [-0.05, 0) is 17.7 Å². The Balaban J connectivity index is 3.02. The highest BCUT2D eigenvalue weighted by atomic mass is 16.5. The Kier molecular flexibility index (Phi) is 3.74. The standard InChI is InChI=1S/C11H12O4/c1-14-7-10(11(12)13)8-3-5-9(15-2)6-4-8/h3-7H,1-2H3,(H,12,13). The fraction of sp³-hybridized carbons (Fsp3) is 0.182. The summed E-state index contributed by atoms with van der Waals surface area (Å²) in [6.07, 6.45) is 1.20. The lowest BCUT2D eigenvalue weighted by molar-refractivity contribution is -0.130. The highest BCUT2D eigenvalue weighted by Gasteiger charge is 2.10. The van der Waals surface area contributed by atoms with Crippen molar-refractivity contribution < 1.29 is 19.4 Å². The lowest BCUT2D eigenvalue weighted by atomic mass is 10.1. The molecule has 0 aliphatic heterocycles. The topological polar surface area (TPSA) is 55.8 Å². The molecule has 0 bridgehead atoms. The average Bonchev–Trinajstić information content (AvgIpc) is 2.26. The van der Waals surface area contributed by atoms with E-state index in [4.69, 9.17) is 14.6 Å². The van der Waals surface area contributed by atoms with Gasteiger partial charge in [0.1, 0.15) is 11.3 Å². The minimum absolute atomic E-state index is 0.111. The first-order valence-corrected chi connectivity index (χ1v) is 4.29. The fourth-order valence-corrected chi connectivity index (χ4v) is 1.13. The number of carboxylic acid groups (broad SMARTS) is 1. The Labute approximate surface area is 87.7 Å². The van der Waals surface area contributed by atoms with Gasteiger partial charge in [-0.2, -0.15) is 0 Å². The van der Waals surface area contributed by atoms with Gasteiger partial charge in [-0.1, -0.05) is 12.1 Å². The predicted molar refractivity (Wildman–Crippen MR) is 55.6 cm³/mol. The number of aliphatic carboxylic acids is 1. The zero-order valence-corrected chi connectivity index (χ0v) is 8.56. The number of benzene rings is 1. The van der Waals surface area contributed by atoms with Gasteiger partial charge < -0.3 is 14.6 Å². The van der Waals surface area contributed by atoms with E-state index < -0.39 is 5.97 Å².